The number of carbonyl (C=O) groups excluding carboxylic acids is 2. The summed E-state index contributed by atoms with van der Waals surface area (Å²) in [6.07, 6.45) is 3.28. The molecule has 0 saturated carbocycles. The minimum Gasteiger partial charge on any atom is -0.374 e. The summed E-state index contributed by atoms with van der Waals surface area (Å²) in [7, 11) is 0. The molecule has 5 nitrogen and oxygen atoms in total. The van der Waals surface area contributed by atoms with Gasteiger partial charge in [0.05, 0.1) is 19.3 Å². The zero-order valence-electron chi connectivity index (χ0n) is 15.6. The molecule has 2 aromatic carbocycles. The van der Waals surface area contributed by atoms with Crippen molar-refractivity contribution in [2.45, 2.75) is 31.8 Å². The first kappa shape index (κ1) is 18.0. The molecule has 5 heteroatoms. The summed E-state index contributed by atoms with van der Waals surface area (Å²) in [5.41, 5.74) is 1.25. The first-order valence-electron chi connectivity index (χ1n) is 9.84. The highest BCUT2D eigenvalue weighted by molar-refractivity contribution is 5.86. The summed E-state index contributed by atoms with van der Waals surface area (Å²) in [5.74, 6) is 0.145. The monoisotopic (exact) mass is 366 g/mol. The van der Waals surface area contributed by atoms with E-state index in [9.17, 15) is 9.59 Å². The van der Waals surface area contributed by atoms with Gasteiger partial charge in [-0.25, -0.2) is 0 Å². The number of benzene rings is 2. The van der Waals surface area contributed by atoms with E-state index in [4.69, 9.17) is 4.74 Å². The number of nitrogens with zero attached hydrogens (tertiary/aromatic N) is 2. The van der Waals surface area contributed by atoms with E-state index in [0.29, 0.717) is 32.7 Å². The molecule has 0 aromatic heterocycles. The molecule has 1 atom stereocenters. The Hall–Kier alpha value is -2.40. The number of amides is 2. The first-order chi connectivity index (χ1) is 13.2. The van der Waals surface area contributed by atoms with Crippen LogP contribution in [0.25, 0.3) is 10.8 Å². The van der Waals surface area contributed by atoms with Crippen LogP contribution in [0, 0.1) is 0 Å². The van der Waals surface area contributed by atoms with Crippen molar-refractivity contribution >= 4 is 22.6 Å². The molecule has 27 heavy (non-hydrogen) atoms. The van der Waals surface area contributed by atoms with E-state index in [1.165, 1.54) is 16.3 Å². The Morgan fingerprint density at radius 1 is 1.07 bits per heavy atom. The van der Waals surface area contributed by atoms with Crippen molar-refractivity contribution in [2.75, 3.05) is 32.8 Å². The van der Waals surface area contributed by atoms with Crippen molar-refractivity contribution in [3.05, 3.63) is 48.0 Å². The predicted octanol–water partition coefficient (Wildman–Crippen LogP) is 2.62. The second kappa shape index (κ2) is 8.09. The largest absolute Gasteiger partial charge is 0.374 e. The third-order valence-corrected chi connectivity index (χ3v) is 5.57. The lowest BCUT2D eigenvalue weighted by Gasteiger charge is -2.35. The van der Waals surface area contributed by atoms with Crippen molar-refractivity contribution in [2.24, 2.45) is 0 Å². The molecule has 4 rings (SSSR count). The maximum absolute atomic E-state index is 12.7. The minimum absolute atomic E-state index is 0.00874. The molecule has 0 bridgehead atoms. The molecule has 2 aliphatic rings. The van der Waals surface area contributed by atoms with Crippen LogP contribution in [0.2, 0.25) is 0 Å². The first-order valence-corrected chi connectivity index (χ1v) is 9.84. The van der Waals surface area contributed by atoms with Crippen LogP contribution in [0.15, 0.2) is 42.5 Å². The molecular formula is C22H26N2O3. The van der Waals surface area contributed by atoms with E-state index in [2.05, 4.69) is 36.4 Å². The third kappa shape index (κ3) is 4.14. The van der Waals surface area contributed by atoms with Gasteiger partial charge in [0.25, 0.3) is 0 Å². The Morgan fingerprint density at radius 3 is 2.81 bits per heavy atom. The van der Waals surface area contributed by atoms with Crippen LogP contribution in [0.1, 0.15) is 24.8 Å². The lowest BCUT2D eigenvalue weighted by atomic mass is 9.99. The van der Waals surface area contributed by atoms with Gasteiger partial charge in [-0.1, -0.05) is 42.5 Å². The van der Waals surface area contributed by atoms with Crippen LogP contribution < -0.4 is 0 Å². The molecule has 2 amide bonds. The smallest absolute Gasteiger partial charge is 0.242 e. The summed E-state index contributed by atoms with van der Waals surface area (Å²) in [6.45, 7) is 2.65. The molecule has 2 fully saturated rings. The number of carbonyl (C=O) groups is 2. The molecule has 2 aromatic rings. The van der Waals surface area contributed by atoms with E-state index in [-0.39, 0.29) is 24.5 Å². The summed E-state index contributed by atoms with van der Waals surface area (Å²) in [6, 6.07) is 14.7. The highest BCUT2D eigenvalue weighted by atomic mass is 16.5. The van der Waals surface area contributed by atoms with E-state index in [1.54, 1.807) is 4.90 Å². The van der Waals surface area contributed by atoms with Gasteiger partial charge in [0.2, 0.25) is 11.8 Å². The van der Waals surface area contributed by atoms with Gasteiger partial charge in [0, 0.05) is 32.5 Å². The topological polar surface area (TPSA) is 49.9 Å². The molecule has 0 radical (unpaired) electrons. The van der Waals surface area contributed by atoms with Gasteiger partial charge >= 0.3 is 0 Å². The molecule has 2 aliphatic heterocycles. The lowest BCUT2D eigenvalue weighted by molar-refractivity contribution is -0.146. The Bertz CT molecular complexity index is 830. The summed E-state index contributed by atoms with van der Waals surface area (Å²) < 4.78 is 5.95. The standard InChI is InChI=1S/C22H26N2O3/c25-21-10-3-4-11-23(21)16-22(26)24-12-13-27-19(15-24)14-18-8-5-7-17-6-1-2-9-20(17)18/h1-2,5-9,19H,3-4,10-16H2/t19-/m0/s1. The Kier molecular flexibility index (Phi) is 5.39. The highest BCUT2D eigenvalue weighted by Crippen LogP contribution is 2.22. The van der Waals surface area contributed by atoms with Gasteiger partial charge in [0.1, 0.15) is 0 Å². The molecule has 0 unspecified atom stereocenters. The number of rotatable bonds is 4. The van der Waals surface area contributed by atoms with Crippen molar-refractivity contribution in [3.63, 3.8) is 0 Å². The summed E-state index contributed by atoms with van der Waals surface area (Å²) >= 11 is 0. The van der Waals surface area contributed by atoms with Gasteiger partial charge in [-0.3, -0.25) is 9.59 Å². The molecule has 142 valence electrons. The van der Waals surface area contributed by atoms with Gasteiger partial charge in [-0.15, -0.1) is 0 Å². The zero-order valence-corrected chi connectivity index (χ0v) is 15.6. The number of hydrogen-bond donors (Lipinski definition) is 0. The Morgan fingerprint density at radius 2 is 1.93 bits per heavy atom. The zero-order chi connectivity index (χ0) is 18.6. The number of likely N-dealkylation sites (tertiary alicyclic amines) is 1. The fourth-order valence-electron chi connectivity index (χ4n) is 4.08. The van der Waals surface area contributed by atoms with Crippen molar-refractivity contribution < 1.29 is 14.3 Å². The highest BCUT2D eigenvalue weighted by Gasteiger charge is 2.28. The number of ether oxygens (including phenoxy) is 1. The Balaban J connectivity index is 1.40. The fraction of sp³-hybridized carbons (Fsp3) is 0.455. The van der Waals surface area contributed by atoms with E-state index < -0.39 is 0 Å². The van der Waals surface area contributed by atoms with E-state index >= 15 is 0 Å². The predicted molar refractivity (Wildman–Crippen MR) is 104 cm³/mol. The third-order valence-electron chi connectivity index (χ3n) is 5.57. The number of morpholine rings is 1. The van der Waals surface area contributed by atoms with Crippen LogP contribution in [0.5, 0.6) is 0 Å². The quantitative estimate of drug-likeness (QED) is 0.836. The van der Waals surface area contributed by atoms with Crippen LogP contribution in [-0.4, -0.2) is 60.5 Å². The second-order valence-corrected chi connectivity index (χ2v) is 7.45. The van der Waals surface area contributed by atoms with Crippen LogP contribution in [0.4, 0.5) is 0 Å². The molecular weight excluding hydrogens is 340 g/mol. The minimum atomic E-state index is -0.00874. The maximum Gasteiger partial charge on any atom is 0.242 e. The van der Waals surface area contributed by atoms with Crippen LogP contribution >= 0.6 is 0 Å². The SMILES string of the molecule is O=C1CCCCN1CC(=O)N1CCO[C@@H](Cc2cccc3ccccc23)C1. The summed E-state index contributed by atoms with van der Waals surface area (Å²) in [4.78, 5) is 28.2. The van der Waals surface area contributed by atoms with Gasteiger partial charge in [0.15, 0.2) is 0 Å². The molecule has 0 N–H and O–H groups in total. The van der Waals surface area contributed by atoms with Gasteiger partial charge in [-0.05, 0) is 29.2 Å². The van der Waals surface area contributed by atoms with E-state index in [0.717, 1.165) is 19.3 Å². The molecule has 2 saturated heterocycles. The van der Waals surface area contributed by atoms with Crippen LogP contribution in [-0.2, 0) is 20.7 Å². The summed E-state index contributed by atoms with van der Waals surface area (Å²) in [5, 5.41) is 2.47. The van der Waals surface area contributed by atoms with Gasteiger partial charge < -0.3 is 14.5 Å². The number of hydrogen-bond acceptors (Lipinski definition) is 3. The number of fused-ring (bicyclic) bond motifs is 1. The lowest BCUT2D eigenvalue weighted by Crippen LogP contribution is -2.51. The van der Waals surface area contributed by atoms with Crippen molar-refractivity contribution in [1.29, 1.82) is 0 Å². The maximum atomic E-state index is 12.7. The van der Waals surface area contributed by atoms with Crippen molar-refractivity contribution in [3.8, 4) is 0 Å². The Labute approximate surface area is 159 Å². The van der Waals surface area contributed by atoms with Gasteiger partial charge in [-0.2, -0.15) is 0 Å². The fourth-order valence-corrected chi connectivity index (χ4v) is 4.08. The average Bonchev–Trinajstić information content (AvgIpc) is 2.70. The normalized spacial score (nSPS) is 20.9. The molecule has 0 aliphatic carbocycles. The number of piperidine rings is 1. The molecule has 0 spiro atoms. The van der Waals surface area contributed by atoms with Crippen LogP contribution in [0.3, 0.4) is 0 Å². The molecule has 2 heterocycles. The van der Waals surface area contributed by atoms with E-state index in [1.807, 2.05) is 11.0 Å². The van der Waals surface area contributed by atoms with Crippen molar-refractivity contribution in [1.82, 2.24) is 9.80 Å². The second-order valence-electron chi connectivity index (χ2n) is 7.45. The average molecular weight is 366 g/mol.